The van der Waals surface area contributed by atoms with E-state index in [4.69, 9.17) is 4.74 Å². The zero-order chi connectivity index (χ0) is 31.3. The molecule has 5 aromatic rings. The van der Waals surface area contributed by atoms with Crippen molar-refractivity contribution < 1.29 is 14.3 Å². The molecule has 0 spiro atoms. The minimum absolute atomic E-state index is 0.0611. The lowest BCUT2D eigenvalue weighted by Gasteiger charge is -2.15. The summed E-state index contributed by atoms with van der Waals surface area (Å²) < 4.78 is 7.54. The van der Waals surface area contributed by atoms with E-state index in [1.165, 1.54) is 11.3 Å². The van der Waals surface area contributed by atoms with Crippen LogP contribution >= 0.6 is 11.3 Å². The number of thiophene rings is 1. The molecule has 2 heterocycles. The Kier molecular flexibility index (Phi) is 8.77. The van der Waals surface area contributed by atoms with E-state index in [0.717, 1.165) is 75.5 Å². The number of carbonyl (C=O) groups is 2. The first-order valence-electron chi connectivity index (χ1n) is 15.2. The molecule has 0 aliphatic heterocycles. The van der Waals surface area contributed by atoms with Gasteiger partial charge in [0.2, 0.25) is 0 Å². The number of nitriles is 1. The molecule has 2 aromatic heterocycles. The molecule has 7 heteroatoms. The molecule has 0 fully saturated rings. The molecule has 1 aliphatic carbocycles. The highest BCUT2D eigenvalue weighted by Gasteiger charge is 2.28. The van der Waals surface area contributed by atoms with E-state index in [9.17, 15) is 14.9 Å². The summed E-state index contributed by atoms with van der Waals surface area (Å²) in [6.45, 7) is 4.06. The van der Waals surface area contributed by atoms with Gasteiger partial charge in [-0.1, -0.05) is 78.4 Å². The maximum Gasteiger partial charge on any atom is 0.341 e. The van der Waals surface area contributed by atoms with Crippen LogP contribution in [-0.4, -0.2) is 23.1 Å². The van der Waals surface area contributed by atoms with Crippen LogP contribution in [0.4, 0.5) is 5.00 Å². The van der Waals surface area contributed by atoms with Crippen LogP contribution in [0, 0.1) is 18.3 Å². The van der Waals surface area contributed by atoms with Crippen LogP contribution in [-0.2, 0) is 22.4 Å². The van der Waals surface area contributed by atoms with Gasteiger partial charge < -0.3 is 14.6 Å². The van der Waals surface area contributed by atoms with Gasteiger partial charge in [-0.2, -0.15) is 5.26 Å². The van der Waals surface area contributed by atoms with E-state index in [-0.39, 0.29) is 12.2 Å². The van der Waals surface area contributed by atoms with Crippen molar-refractivity contribution in [3.8, 4) is 34.3 Å². The van der Waals surface area contributed by atoms with Crippen molar-refractivity contribution in [3.05, 3.63) is 124 Å². The summed E-state index contributed by atoms with van der Waals surface area (Å²) in [4.78, 5) is 27.8. The number of aryl methyl sites for hydroxylation is 2. The van der Waals surface area contributed by atoms with Crippen molar-refractivity contribution in [2.45, 2.75) is 39.5 Å². The number of amides is 1. The van der Waals surface area contributed by atoms with Crippen molar-refractivity contribution >= 4 is 34.3 Å². The first-order chi connectivity index (χ1) is 22.0. The van der Waals surface area contributed by atoms with Crippen molar-refractivity contribution in [2.24, 2.45) is 0 Å². The highest BCUT2D eigenvalue weighted by atomic mass is 32.1. The average Bonchev–Trinajstić information content (AvgIpc) is 3.63. The summed E-state index contributed by atoms with van der Waals surface area (Å²) in [5.41, 5.74) is 7.88. The maximum atomic E-state index is 13.8. The van der Waals surface area contributed by atoms with E-state index >= 15 is 0 Å². The summed E-state index contributed by atoms with van der Waals surface area (Å²) in [5.74, 6) is -1.01. The van der Waals surface area contributed by atoms with Crippen LogP contribution in [0.2, 0.25) is 0 Å². The molecule has 0 radical (unpaired) electrons. The zero-order valence-corrected chi connectivity index (χ0v) is 26.1. The quantitative estimate of drug-likeness (QED) is 0.108. The van der Waals surface area contributed by atoms with Crippen LogP contribution in [0.1, 0.15) is 51.7 Å². The maximum absolute atomic E-state index is 13.8. The summed E-state index contributed by atoms with van der Waals surface area (Å²) >= 11 is 1.41. The van der Waals surface area contributed by atoms with Gasteiger partial charge in [0.15, 0.2) is 0 Å². The molecule has 0 saturated heterocycles. The average molecular weight is 612 g/mol. The fourth-order valence-corrected chi connectivity index (χ4v) is 7.14. The number of nitrogens with one attached hydrogen (secondary N) is 1. The van der Waals surface area contributed by atoms with E-state index < -0.39 is 11.9 Å². The molecule has 0 unspecified atom stereocenters. The number of nitrogens with zero attached hydrogens (tertiary/aromatic N) is 2. The lowest BCUT2D eigenvalue weighted by molar-refractivity contribution is -0.112. The molecular formula is C38H33N3O3S. The Labute approximate surface area is 267 Å². The highest BCUT2D eigenvalue weighted by Crippen LogP contribution is 2.40. The van der Waals surface area contributed by atoms with Crippen LogP contribution in [0.5, 0.6) is 0 Å². The second kappa shape index (κ2) is 13.2. The molecule has 0 bridgehead atoms. The summed E-state index contributed by atoms with van der Waals surface area (Å²) in [6.07, 6.45) is 5.30. The zero-order valence-electron chi connectivity index (χ0n) is 25.3. The van der Waals surface area contributed by atoms with Crippen molar-refractivity contribution in [2.75, 3.05) is 11.9 Å². The first-order valence-corrected chi connectivity index (χ1v) is 16.0. The number of hydrogen-bond donors (Lipinski definition) is 1. The third-order valence-corrected chi connectivity index (χ3v) is 9.19. The number of anilines is 1. The molecule has 1 aliphatic rings. The number of carbonyl (C=O) groups excluding carboxylic acids is 2. The molecule has 3 aromatic carbocycles. The number of aromatic nitrogens is 1. The van der Waals surface area contributed by atoms with E-state index in [0.29, 0.717) is 10.6 Å². The Morgan fingerprint density at radius 2 is 1.62 bits per heavy atom. The Bertz CT molecular complexity index is 1930. The van der Waals surface area contributed by atoms with Crippen LogP contribution in [0.25, 0.3) is 34.3 Å². The molecule has 6 rings (SSSR count). The van der Waals surface area contributed by atoms with Gasteiger partial charge in [0.1, 0.15) is 16.6 Å². The number of benzene rings is 3. The van der Waals surface area contributed by atoms with Crippen molar-refractivity contribution in [3.63, 3.8) is 0 Å². The Hall–Kier alpha value is -5.19. The summed E-state index contributed by atoms with van der Waals surface area (Å²) in [5, 5.41) is 13.6. The molecule has 224 valence electrons. The number of hydrogen-bond acceptors (Lipinski definition) is 5. The van der Waals surface area contributed by atoms with E-state index in [1.807, 2.05) is 54.6 Å². The molecule has 0 atom stereocenters. The van der Waals surface area contributed by atoms with Gasteiger partial charge in [-0.3, -0.25) is 4.79 Å². The molecule has 0 saturated carbocycles. The standard InChI is InChI=1S/C38H33N3O3S/c1-3-44-38(43)34-31-16-10-11-17-33(31)45-37(34)40-36(42)29(24-39)22-28-23-32(26-12-6-4-7-13-26)41(30-20-18-25(2)19-21-30)35(28)27-14-8-5-9-15-27/h4-9,12-15,18-23H,3,10-11,16-17H2,1-2H3,(H,40,42). The topological polar surface area (TPSA) is 84.1 Å². The Morgan fingerprint density at radius 1 is 0.956 bits per heavy atom. The first kappa shape index (κ1) is 29.9. The van der Waals surface area contributed by atoms with Gasteiger partial charge >= 0.3 is 5.97 Å². The molecule has 6 nitrogen and oxygen atoms in total. The van der Waals surface area contributed by atoms with Gasteiger partial charge in [0, 0.05) is 16.1 Å². The normalized spacial score (nSPS) is 12.7. The third-order valence-electron chi connectivity index (χ3n) is 7.98. The number of esters is 1. The molecular weight excluding hydrogens is 579 g/mol. The summed E-state index contributed by atoms with van der Waals surface area (Å²) in [7, 11) is 0. The largest absolute Gasteiger partial charge is 0.462 e. The lowest BCUT2D eigenvalue weighted by Crippen LogP contribution is -2.16. The Morgan fingerprint density at radius 3 is 2.29 bits per heavy atom. The second-order valence-electron chi connectivity index (χ2n) is 11.0. The second-order valence-corrected chi connectivity index (χ2v) is 12.1. The van der Waals surface area contributed by atoms with E-state index in [2.05, 4.69) is 59.3 Å². The molecule has 1 N–H and O–H groups in total. The van der Waals surface area contributed by atoms with Crippen molar-refractivity contribution in [1.29, 1.82) is 5.26 Å². The van der Waals surface area contributed by atoms with Gasteiger partial charge in [0.05, 0.1) is 23.6 Å². The monoisotopic (exact) mass is 611 g/mol. The highest BCUT2D eigenvalue weighted by molar-refractivity contribution is 7.17. The predicted molar refractivity (Wildman–Crippen MR) is 181 cm³/mol. The van der Waals surface area contributed by atoms with Crippen LogP contribution in [0.3, 0.4) is 0 Å². The molecule has 1 amide bonds. The van der Waals surface area contributed by atoms with E-state index in [1.54, 1.807) is 13.0 Å². The number of ether oxygens (including phenoxy) is 1. The van der Waals surface area contributed by atoms with Gasteiger partial charge in [-0.15, -0.1) is 11.3 Å². The van der Waals surface area contributed by atoms with Crippen LogP contribution < -0.4 is 5.32 Å². The van der Waals surface area contributed by atoms with Gasteiger partial charge in [-0.25, -0.2) is 4.79 Å². The molecule has 45 heavy (non-hydrogen) atoms. The third kappa shape index (κ3) is 6.11. The predicted octanol–water partition coefficient (Wildman–Crippen LogP) is 8.78. The van der Waals surface area contributed by atoms with Crippen LogP contribution in [0.15, 0.2) is 96.6 Å². The van der Waals surface area contributed by atoms with Gasteiger partial charge in [-0.05, 0) is 80.5 Å². The Balaban J connectivity index is 1.49. The lowest BCUT2D eigenvalue weighted by atomic mass is 9.95. The number of rotatable bonds is 8. The van der Waals surface area contributed by atoms with Gasteiger partial charge in [0.25, 0.3) is 5.91 Å². The van der Waals surface area contributed by atoms with Crippen molar-refractivity contribution in [1.82, 2.24) is 4.57 Å². The minimum Gasteiger partial charge on any atom is -0.462 e. The SMILES string of the molecule is CCOC(=O)c1c(NC(=O)C(C#N)=Cc2cc(-c3ccccc3)n(-c3ccc(C)cc3)c2-c2ccccc2)sc2c1CCCC2. The fourth-order valence-electron chi connectivity index (χ4n) is 5.86. The number of fused-ring (bicyclic) bond motifs is 1. The summed E-state index contributed by atoms with van der Waals surface area (Å²) in [6, 6.07) is 32.5. The smallest absolute Gasteiger partial charge is 0.341 e. The minimum atomic E-state index is -0.565. The fraction of sp³-hybridized carbons (Fsp3) is 0.184.